The van der Waals surface area contributed by atoms with Crippen molar-refractivity contribution in [3.8, 4) is 11.5 Å². The van der Waals surface area contributed by atoms with E-state index >= 15 is 8.78 Å². The van der Waals surface area contributed by atoms with E-state index < -0.39 is 98.2 Å². The number of carbonyl (C=O) groups excluding carboxylic acids is 5. The summed E-state index contributed by atoms with van der Waals surface area (Å²) in [5, 5.41) is 10.6. The van der Waals surface area contributed by atoms with Crippen molar-refractivity contribution in [1.82, 2.24) is 0 Å². The number of anilines is 2. The maximum absolute atomic E-state index is 15.3. The van der Waals surface area contributed by atoms with Crippen LogP contribution in [-0.2, 0) is 19.2 Å². The van der Waals surface area contributed by atoms with Crippen LogP contribution in [0.5, 0.6) is 11.5 Å². The maximum atomic E-state index is 15.3. The van der Waals surface area contributed by atoms with Gasteiger partial charge in [-0.2, -0.15) is 0 Å². The van der Waals surface area contributed by atoms with Gasteiger partial charge in [0, 0.05) is 11.5 Å². The Hall–Kier alpha value is -4.09. The quantitative estimate of drug-likeness (QED) is 0.0445. The third kappa shape index (κ3) is 4.66. The van der Waals surface area contributed by atoms with E-state index in [9.17, 15) is 42.3 Å². The van der Waals surface area contributed by atoms with Gasteiger partial charge in [-0.05, 0) is 90.2 Å². The zero-order valence-corrected chi connectivity index (χ0v) is 30.2. The van der Waals surface area contributed by atoms with Crippen LogP contribution < -0.4 is 14.5 Å². The lowest BCUT2D eigenvalue weighted by atomic mass is 9.56. The van der Waals surface area contributed by atoms with Crippen molar-refractivity contribution >= 4 is 86.6 Å². The van der Waals surface area contributed by atoms with E-state index in [-0.39, 0.29) is 49.0 Å². The molecule has 2 saturated heterocycles. The van der Waals surface area contributed by atoms with Crippen LogP contribution in [-0.4, -0.2) is 51.4 Å². The van der Waals surface area contributed by atoms with Gasteiger partial charge in [-0.25, -0.2) is 26.9 Å². The summed E-state index contributed by atoms with van der Waals surface area (Å²) in [4.78, 5) is 64.0. The molecule has 2 aliphatic heterocycles. The predicted octanol–water partition coefficient (Wildman–Crippen LogP) is 6.67. The van der Waals surface area contributed by atoms with Crippen molar-refractivity contribution in [1.29, 1.82) is 0 Å². The Morgan fingerprint density at radius 1 is 0.885 bits per heavy atom. The van der Waals surface area contributed by atoms with Crippen LogP contribution in [0.1, 0.15) is 41.6 Å². The van der Waals surface area contributed by atoms with Gasteiger partial charge in [0.15, 0.2) is 50.3 Å². The van der Waals surface area contributed by atoms with Gasteiger partial charge >= 0.3 is 0 Å². The number of fused-ring (bicyclic) bond motifs is 4. The highest BCUT2D eigenvalue weighted by Gasteiger charge is 2.77. The zero-order chi connectivity index (χ0) is 37.9. The Morgan fingerprint density at radius 2 is 1.48 bits per heavy atom. The van der Waals surface area contributed by atoms with E-state index in [1.807, 2.05) is 0 Å². The van der Waals surface area contributed by atoms with E-state index in [0.29, 0.717) is 5.56 Å². The molecule has 1 saturated carbocycles. The monoisotopic (exact) mass is 874 g/mol. The van der Waals surface area contributed by atoms with Gasteiger partial charge in [0.2, 0.25) is 17.6 Å². The highest BCUT2D eigenvalue weighted by Crippen LogP contribution is 2.66. The number of halogens is 8. The molecule has 3 aromatic rings. The van der Waals surface area contributed by atoms with Crippen molar-refractivity contribution in [2.45, 2.75) is 35.4 Å². The number of Topliss-reactive ketones (excluding diaryl/α,β-unsaturated/α-hetero) is 1. The Bertz CT molecular complexity index is 2190. The normalized spacial score (nSPS) is 28.2. The fourth-order valence-electron chi connectivity index (χ4n) is 7.96. The molecule has 0 spiro atoms. The number of rotatable bonds is 5. The maximum Gasteiger partial charge on any atom is 0.258 e. The van der Waals surface area contributed by atoms with Gasteiger partial charge in [0.1, 0.15) is 5.69 Å². The van der Waals surface area contributed by atoms with Crippen molar-refractivity contribution in [2.75, 3.05) is 16.9 Å². The van der Waals surface area contributed by atoms with Crippen molar-refractivity contribution < 1.29 is 55.8 Å². The second kappa shape index (κ2) is 12.2. The molecule has 4 aliphatic rings. The molecule has 2 heterocycles. The van der Waals surface area contributed by atoms with Gasteiger partial charge in [-0.15, -0.1) is 23.2 Å². The number of ketones is 1. The van der Waals surface area contributed by atoms with Gasteiger partial charge in [0.05, 0.1) is 28.2 Å². The SMILES string of the molecule is COc1cc(C2C3=CCC4C(=O)N(c5ccc(C(C)=O)cc5)C(=O)C4C3CC3(Cl)C(=O)N(c4c(F)c(F)c(F)c(F)c4F)C(=O)C23Cl)cc(I)c1O. The second-order valence-electron chi connectivity index (χ2n) is 12.9. The summed E-state index contributed by atoms with van der Waals surface area (Å²) < 4.78 is 79.0. The minimum atomic E-state index is -2.74. The molecule has 7 rings (SSSR count). The van der Waals surface area contributed by atoms with Gasteiger partial charge in [-0.1, -0.05) is 11.6 Å². The summed E-state index contributed by atoms with van der Waals surface area (Å²) in [6.07, 6.45) is 0.799. The number of phenols is 1. The molecule has 6 unspecified atom stereocenters. The van der Waals surface area contributed by atoms with Crippen molar-refractivity contribution in [2.24, 2.45) is 17.8 Å². The van der Waals surface area contributed by atoms with Gasteiger partial charge in [-0.3, -0.25) is 28.9 Å². The van der Waals surface area contributed by atoms with E-state index in [4.69, 9.17) is 27.9 Å². The predicted molar refractivity (Wildman–Crippen MR) is 183 cm³/mol. The molecule has 2 aliphatic carbocycles. The number of allylic oxidation sites excluding steroid dienone is 2. The summed E-state index contributed by atoms with van der Waals surface area (Å²) in [5.41, 5.74) is -1.12. The third-order valence-corrected chi connectivity index (χ3v) is 12.6. The number of hydrogen-bond acceptors (Lipinski definition) is 7. The Balaban J connectivity index is 1.43. The standard InChI is InChI=1S/C35H22Cl2F5IN2O7/c1-12(46)13-3-5-15(6-4-13)44-30(48)17-8-7-16-18(21(17)31(44)49)11-34(36)32(50)45(28-26(41)24(39)23(38)25(40)27(28)42)33(51)35(34,37)22(16)14-9-19(43)29(47)20(10-14)52-2/h3-7,9-10,17-18,21-22,47H,8,11H2,1-2H3. The molecule has 6 atom stereocenters. The molecule has 270 valence electrons. The van der Waals surface area contributed by atoms with E-state index in [1.54, 1.807) is 28.7 Å². The molecule has 3 fully saturated rings. The number of ether oxygens (including phenoxy) is 1. The van der Waals surface area contributed by atoms with Crippen molar-refractivity contribution in [3.05, 3.63) is 91.8 Å². The zero-order valence-electron chi connectivity index (χ0n) is 26.6. The minimum Gasteiger partial charge on any atom is -0.504 e. The smallest absolute Gasteiger partial charge is 0.258 e. The molecule has 17 heteroatoms. The molecule has 0 aromatic heterocycles. The largest absolute Gasteiger partial charge is 0.504 e. The van der Waals surface area contributed by atoms with Crippen LogP contribution in [0.3, 0.4) is 0 Å². The molecule has 3 aromatic carbocycles. The number of benzene rings is 3. The number of hydrogen-bond donors (Lipinski definition) is 1. The molecule has 0 bridgehead atoms. The van der Waals surface area contributed by atoms with Crippen LogP contribution >= 0.6 is 45.8 Å². The molecule has 9 nitrogen and oxygen atoms in total. The Morgan fingerprint density at radius 3 is 2.06 bits per heavy atom. The number of alkyl halides is 2. The lowest BCUT2D eigenvalue weighted by molar-refractivity contribution is -0.125. The third-order valence-electron chi connectivity index (χ3n) is 10.4. The first kappa shape index (κ1) is 36.3. The Kier molecular flexibility index (Phi) is 8.53. The first-order valence-electron chi connectivity index (χ1n) is 15.5. The van der Waals surface area contributed by atoms with Gasteiger partial charge < -0.3 is 9.84 Å². The molecular weight excluding hydrogens is 853 g/mol. The van der Waals surface area contributed by atoms with Gasteiger partial charge in [0.25, 0.3) is 11.8 Å². The van der Waals surface area contributed by atoms with Crippen LogP contribution in [0.15, 0.2) is 48.0 Å². The summed E-state index contributed by atoms with van der Waals surface area (Å²) >= 11 is 16.1. The number of imide groups is 2. The summed E-state index contributed by atoms with van der Waals surface area (Å²) in [7, 11) is 1.22. The first-order valence-corrected chi connectivity index (χ1v) is 17.3. The number of carbonyl (C=O) groups is 5. The summed E-state index contributed by atoms with van der Waals surface area (Å²) in [6.45, 7) is 1.34. The first-order chi connectivity index (χ1) is 24.4. The van der Waals surface area contributed by atoms with Crippen molar-refractivity contribution in [3.63, 3.8) is 0 Å². The highest BCUT2D eigenvalue weighted by atomic mass is 127. The molecule has 0 radical (unpaired) electrons. The van der Waals surface area contributed by atoms with E-state index in [1.165, 1.54) is 50.4 Å². The fraction of sp³-hybridized carbons (Fsp3) is 0.286. The van der Waals surface area contributed by atoms with Crippen LogP contribution in [0.25, 0.3) is 0 Å². The number of nitrogens with zero attached hydrogens (tertiary/aromatic N) is 2. The highest BCUT2D eigenvalue weighted by molar-refractivity contribution is 14.1. The number of aromatic hydroxyl groups is 1. The van der Waals surface area contributed by atoms with Crippen LogP contribution in [0.2, 0.25) is 0 Å². The lowest BCUT2D eigenvalue weighted by Crippen LogP contribution is -2.60. The van der Waals surface area contributed by atoms with Crippen LogP contribution in [0.4, 0.5) is 33.3 Å². The fourth-order valence-corrected chi connectivity index (χ4v) is 9.52. The number of phenolic OH excluding ortho intramolecular Hbond substituents is 1. The van der Waals surface area contributed by atoms with Crippen LogP contribution in [0, 0.1) is 50.4 Å². The number of amides is 4. The summed E-state index contributed by atoms with van der Waals surface area (Å²) in [5.74, 6) is -22.6. The molecule has 4 amide bonds. The average Bonchev–Trinajstić information content (AvgIpc) is 3.45. The number of methoxy groups -OCH3 is 1. The minimum absolute atomic E-state index is 0.0716. The molecule has 52 heavy (non-hydrogen) atoms. The van der Waals surface area contributed by atoms with E-state index in [0.717, 1.165) is 4.90 Å². The topological polar surface area (TPSA) is 121 Å². The second-order valence-corrected chi connectivity index (χ2v) is 15.3. The molecular formula is C35H22Cl2F5IN2O7. The Labute approximate surface area is 314 Å². The average molecular weight is 875 g/mol. The lowest BCUT2D eigenvalue weighted by Gasteiger charge is -2.50. The van der Waals surface area contributed by atoms with E-state index in [2.05, 4.69) is 0 Å². The summed E-state index contributed by atoms with van der Waals surface area (Å²) in [6, 6.07) is 8.34. The molecule has 1 N–H and O–H groups in total.